The third-order valence-electron chi connectivity index (χ3n) is 7.09. The summed E-state index contributed by atoms with van der Waals surface area (Å²) in [5, 5.41) is 13.2. The van der Waals surface area contributed by atoms with Crippen LogP contribution in [0.2, 0.25) is 0 Å². The quantitative estimate of drug-likeness (QED) is 0.738. The Balaban J connectivity index is 1.21. The number of hydrogen-bond acceptors (Lipinski definition) is 7. The maximum absolute atomic E-state index is 12.6. The summed E-state index contributed by atoms with van der Waals surface area (Å²) in [7, 11) is -1.06. The van der Waals surface area contributed by atoms with E-state index in [9.17, 15) is 9.32 Å². The molecule has 31 heavy (non-hydrogen) atoms. The fraction of sp³-hybridized carbons (Fsp3) is 0.565. The van der Waals surface area contributed by atoms with Gasteiger partial charge in [-0.05, 0) is 38.2 Å². The zero-order valence-corrected chi connectivity index (χ0v) is 18.4. The molecule has 0 spiro atoms. The summed E-state index contributed by atoms with van der Waals surface area (Å²) in [5.74, 6) is 4.65. The standard InChI is InChI=1S/C23H28N4O3S/c28-14-23(8-9-23)26-21-20-17(7-12-31(20)29)24-22(25-21)27-10-5-15(6-11-27)19-13-16-3-1-2-4-18(16)30-19/h1,3,13,15,28H,2,4-12,14H2,(H,24,25,26). The van der Waals surface area contributed by atoms with Crippen LogP contribution >= 0.6 is 0 Å². The molecular formula is C23H28N4O3S. The summed E-state index contributed by atoms with van der Waals surface area (Å²) in [6.07, 6.45) is 11.0. The average molecular weight is 441 g/mol. The van der Waals surface area contributed by atoms with E-state index < -0.39 is 10.8 Å². The third-order valence-corrected chi connectivity index (χ3v) is 8.55. The molecule has 1 saturated carbocycles. The number of aliphatic hydroxyl groups is 1. The van der Waals surface area contributed by atoms with Gasteiger partial charge in [0.1, 0.15) is 22.2 Å². The summed E-state index contributed by atoms with van der Waals surface area (Å²) in [5.41, 5.74) is 1.84. The van der Waals surface area contributed by atoms with Crippen LogP contribution < -0.4 is 10.2 Å². The normalized spacial score (nSPS) is 24.2. The highest BCUT2D eigenvalue weighted by atomic mass is 32.2. The molecule has 2 aromatic heterocycles. The van der Waals surface area contributed by atoms with Crippen molar-refractivity contribution in [2.24, 2.45) is 0 Å². The van der Waals surface area contributed by atoms with Gasteiger partial charge in [0.15, 0.2) is 0 Å². The van der Waals surface area contributed by atoms with Gasteiger partial charge in [-0.25, -0.2) is 4.98 Å². The predicted molar refractivity (Wildman–Crippen MR) is 120 cm³/mol. The van der Waals surface area contributed by atoms with Crippen LogP contribution in [0.15, 0.2) is 21.5 Å². The van der Waals surface area contributed by atoms with Gasteiger partial charge in [-0.2, -0.15) is 4.98 Å². The first-order valence-corrected chi connectivity index (χ1v) is 12.7. The van der Waals surface area contributed by atoms with Crippen LogP contribution in [0, 0.1) is 0 Å². The Labute approximate surface area is 184 Å². The molecule has 4 aliphatic rings. The zero-order chi connectivity index (χ0) is 21.0. The molecule has 7 nitrogen and oxygen atoms in total. The summed E-state index contributed by atoms with van der Waals surface area (Å²) in [6.45, 7) is 1.82. The van der Waals surface area contributed by atoms with Crippen LogP contribution in [0.5, 0.6) is 0 Å². The molecule has 1 unspecified atom stereocenters. The zero-order valence-electron chi connectivity index (χ0n) is 17.6. The number of fused-ring (bicyclic) bond motifs is 2. The highest BCUT2D eigenvalue weighted by molar-refractivity contribution is 7.85. The molecule has 1 saturated heterocycles. The number of aryl methyl sites for hydroxylation is 2. The van der Waals surface area contributed by atoms with Gasteiger partial charge in [-0.15, -0.1) is 0 Å². The number of aliphatic hydroxyl groups excluding tert-OH is 1. The van der Waals surface area contributed by atoms with Gasteiger partial charge in [0.25, 0.3) is 0 Å². The number of hydrogen-bond donors (Lipinski definition) is 2. The van der Waals surface area contributed by atoms with Crippen molar-refractivity contribution >= 4 is 28.6 Å². The highest BCUT2D eigenvalue weighted by Crippen LogP contribution is 2.41. The molecule has 6 rings (SSSR count). The monoisotopic (exact) mass is 440 g/mol. The van der Waals surface area contributed by atoms with Crippen molar-refractivity contribution in [2.75, 3.05) is 35.7 Å². The van der Waals surface area contributed by atoms with Crippen LogP contribution in [0.3, 0.4) is 0 Å². The molecule has 4 heterocycles. The van der Waals surface area contributed by atoms with Gasteiger partial charge >= 0.3 is 0 Å². The van der Waals surface area contributed by atoms with Crippen molar-refractivity contribution < 1.29 is 13.7 Å². The van der Waals surface area contributed by atoms with Gasteiger partial charge in [-0.1, -0.05) is 12.2 Å². The van der Waals surface area contributed by atoms with Crippen molar-refractivity contribution in [3.05, 3.63) is 34.9 Å². The second-order valence-corrected chi connectivity index (χ2v) is 10.7. The minimum absolute atomic E-state index is 0.0709. The van der Waals surface area contributed by atoms with Crippen LogP contribution in [0.1, 0.15) is 60.8 Å². The van der Waals surface area contributed by atoms with E-state index in [1.807, 2.05) is 0 Å². The minimum atomic E-state index is -1.06. The molecule has 1 atom stereocenters. The number of allylic oxidation sites excluding steroid dienone is 1. The number of rotatable bonds is 5. The third kappa shape index (κ3) is 3.49. The van der Waals surface area contributed by atoms with Crippen LogP contribution in [-0.2, 0) is 23.6 Å². The van der Waals surface area contributed by atoms with Crippen molar-refractivity contribution in [1.29, 1.82) is 0 Å². The van der Waals surface area contributed by atoms with Gasteiger partial charge in [-0.3, -0.25) is 4.21 Å². The lowest BCUT2D eigenvalue weighted by Gasteiger charge is -2.31. The van der Waals surface area contributed by atoms with Crippen molar-refractivity contribution in [1.82, 2.24) is 9.97 Å². The Kier molecular flexibility index (Phi) is 4.68. The van der Waals surface area contributed by atoms with E-state index >= 15 is 0 Å². The molecule has 2 aliphatic carbocycles. The van der Waals surface area contributed by atoms with Crippen molar-refractivity contribution in [3.63, 3.8) is 0 Å². The van der Waals surface area contributed by atoms with E-state index in [1.54, 1.807) is 0 Å². The lowest BCUT2D eigenvalue weighted by atomic mass is 9.94. The maximum atomic E-state index is 12.6. The summed E-state index contributed by atoms with van der Waals surface area (Å²) in [6, 6.07) is 2.22. The smallest absolute Gasteiger partial charge is 0.227 e. The van der Waals surface area contributed by atoms with Gasteiger partial charge in [0.05, 0.1) is 28.6 Å². The van der Waals surface area contributed by atoms with Crippen LogP contribution in [-0.4, -0.2) is 50.3 Å². The van der Waals surface area contributed by atoms with E-state index in [2.05, 4.69) is 28.4 Å². The Hall–Kier alpha value is -2.19. The summed E-state index contributed by atoms with van der Waals surface area (Å²) < 4.78 is 18.7. The number of nitrogens with zero attached hydrogens (tertiary/aromatic N) is 3. The van der Waals surface area contributed by atoms with Gasteiger partial charge < -0.3 is 19.7 Å². The first kappa shape index (κ1) is 19.5. The average Bonchev–Trinajstić information content (AvgIpc) is 3.26. The number of anilines is 2. The lowest BCUT2D eigenvalue weighted by Crippen LogP contribution is -2.35. The second-order valence-electron chi connectivity index (χ2n) is 9.24. The molecule has 2 aromatic rings. The van der Waals surface area contributed by atoms with Crippen molar-refractivity contribution in [2.45, 2.75) is 61.3 Å². The molecule has 0 radical (unpaired) electrons. The van der Waals surface area contributed by atoms with E-state index in [-0.39, 0.29) is 12.1 Å². The number of piperidine rings is 1. The second kappa shape index (κ2) is 7.45. The Bertz CT molecular complexity index is 1070. The Morgan fingerprint density at radius 2 is 2.10 bits per heavy atom. The van der Waals surface area contributed by atoms with E-state index in [0.29, 0.717) is 23.4 Å². The van der Waals surface area contributed by atoms with E-state index in [4.69, 9.17) is 14.4 Å². The molecular weight excluding hydrogens is 412 g/mol. The molecule has 0 aromatic carbocycles. The molecule has 0 amide bonds. The molecule has 2 fully saturated rings. The topological polar surface area (TPSA) is 91.5 Å². The van der Waals surface area contributed by atoms with Crippen molar-refractivity contribution in [3.8, 4) is 0 Å². The number of aromatic nitrogens is 2. The summed E-state index contributed by atoms with van der Waals surface area (Å²) in [4.78, 5) is 12.6. The number of furan rings is 1. The molecule has 2 N–H and O–H groups in total. The van der Waals surface area contributed by atoms with E-state index in [1.165, 1.54) is 5.56 Å². The maximum Gasteiger partial charge on any atom is 0.227 e. The predicted octanol–water partition coefficient (Wildman–Crippen LogP) is 3.01. The first-order valence-electron chi connectivity index (χ1n) is 11.4. The highest BCUT2D eigenvalue weighted by Gasteiger charge is 2.44. The molecule has 2 aliphatic heterocycles. The molecule has 0 bridgehead atoms. The van der Waals surface area contributed by atoms with E-state index in [0.717, 1.165) is 80.1 Å². The lowest BCUT2D eigenvalue weighted by molar-refractivity contribution is 0.265. The van der Waals surface area contributed by atoms with Crippen LogP contribution in [0.25, 0.3) is 6.08 Å². The Morgan fingerprint density at radius 3 is 2.84 bits per heavy atom. The van der Waals surface area contributed by atoms with Gasteiger partial charge in [0, 0.05) is 43.2 Å². The first-order chi connectivity index (χ1) is 15.1. The van der Waals surface area contributed by atoms with Gasteiger partial charge in [0.2, 0.25) is 5.95 Å². The molecule has 8 heteroatoms. The Morgan fingerprint density at radius 1 is 1.26 bits per heavy atom. The summed E-state index contributed by atoms with van der Waals surface area (Å²) >= 11 is 0. The fourth-order valence-electron chi connectivity index (χ4n) is 4.93. The fourth-order valence-corrected chi connectivity index (χ4v) is 6.23. The van der Waals surface area contributed by atoms with Crippen LogP contribution in [0.4, 0.5) is 11.8 Å². The molecule has 164 valence electrons. The number of nitrogens with one attached hydrogen (secondary N) is 1. The minimum Gasteiger partial charge on any atom is -0.465 e. The largest absolute Gasteiger partial charge is 0.465 e. The SMILES string of the molecule is O=S1CCc2nc(N3CCC(c4cc5c(o4)CCC=C5)CC3)nc(NC3(CO)CC3)c21.